The van der Waals surface area contributed by atoms with Gasteiger partial charge >= 0.3 is 5.97 Å². The molecule has 2 N–H and O–H groups in total. The number of anilines is 2. The Labute approximate surface area is 105 Å². The van der Waals surface area contributed by atoms with E-state index in [1.165, 1.54) is 24.1 Å². The van der Waals surface area contributed by atoms with Crippen LogP contribution >= 0.6 is 0 Å². The second-order valence-electron chi connectivity index (χ2n) is 3.44. The van der Waals surface area contributed by atoms with Crippen molar-refractivity contribution in [2.24, 2.45) is 0 Å². The van der Waals surface area contributed by atoms with E-state index in [2.05, 4.69) is 4.74 Å². The van der Waals surface area contributed by atoms with E-state index in [0.29, 0.717) is 16.9 Å². The van der Waals surface area contributed by atoms with Crippen molar-refractivity contribution >= 4 is 17.3 Å². The number of benzene rings is 1. The van der Waals surface area contributed by atoms with Crippen molar-refractivity contribution in [3.05, 3.63) is 23.8 Å². The Morgan fingerprint density at radius 1 is 1.39 bits per heavy atom. The van der Waals surface area contributed by atoms with Crippen LogP contribution in [0.2, 0.25) is 0 Å². The fraction of sp³-hybridized carbons (Fsp3) is 0.250. The van der Waals surface area contributed by atoms with Crippen LogP contribution in [0, 0.1) is 22.7 Å². The number of methoxy groups -OCH3 is 1. The Morgan fingerprint density at radius 2 is 2.00 bits per heavy atom. The fourth-order valence-electron chi connectivity index (χ4n) is 1.46. The predicted molar refractivity (Wildman–Crippen MR) is 65.6 cm³/mol. The maximum Gasteiger partial charge on any atom is 0.337 e. The van der Waals surface area contributed by atoms with Gasteiger partial charge in [-0.2, -0.15) is 10.5 Å². The fourth-order valence-corrected chi connectivity index (χ4v) is 1.46. The minimum absolute atomic E-state index is 0.0163. The van der Waals surface area contributed by atoms with Crippen LogP contribution in [0.5, 0.6) is 0 Å². The molecule has 18 heavy (non-hydrogen) atoms. The average molecular weight is 244 g/mol. The molecule has 0 spiro atoms. The van der Waals surface area contributed by atoms with Gasteiger partial charge in [-0.05, 0) is 18.2 Å². The second-order valence-corrected chi connectivity index (χ2v) is 3.44. The molecular weight excluding hydrogens is 232 g/mol. The molecule has 1 aromatic rings. The average Bonchev–Trinajstić information content (AvgIpc) is 2.38. The van der Waals surface area contributed by atoms with Gasteiger partial charge in [-0.1, -0.05) is 0 Å². The highest BCUT2D eigenvalue weighted by molar-refractivity contribution is 5.92. The number of ether oxygens (including phenoxy) is 1. The molecule has 6 nitrogen and oxygen atoms in total. The van der Waals surface area contributed by atoms with Crippen LogP contribution in [-0.2, 0) is 4.74 Å². The molecular formula is C12H12N4O2. The number of nitrogens with zero attached hydrogens (tertiary/aromatic N) is 3. The lowest BCUT2D eigenvalue weighted by Crippen LogP contribution is -2.25. The maximum absolute atomic E-state index is 11.4. The molecule has 0 aliphatic carbocycles. The van der Waals surface area contributed by atoms with Gasteiger partial charge in [0, 0.05) is 0 Å². The number of rotatable bonds is 4. The third-order valence-electron chi connectivity index (χ3n) is 2.32. The molecule has 0 amide bonds. The number of hydrogen-bond acceptors (Lipinski definition) is 6. The molecule has 6 heteroatoms. The van der Waals surface area contributed by atoms with E-state index in [-0.39, 0.29) is 13.1 Å². The van der Waals surface area contributed by atoms with E-state index >= 15 is 0 Å². The Hall–Kier alpha value is -2.73. The summed E-state index contributed by atoms with van der Waals surface area (Å²) in [7, 11) is 1.28. The highest BCUT2D eigenvalue weighted by atomic mass is 16.5. The van der Waals surface area contributed by atoms with Gasteiger partial charge < -0.3 is 15.4 Å². The van der Waals surface area contributed by atoms with Crippen molar-refractivity contribution in [2.45, 2.75) is 0 Å². The number of hydrogen-bond donors (Lipinski definition) is 1. The monoisotopic (exact) mass is 244 g/mol. The van der Waals surface area contributed by atoms with Gasteiger partial charge in [-0.3, -0.25) is 0 Å². The largest absolute Gasteiger partial charge is 0.465 e. The van der Waals surface area contributed by atoms with E-state index in [4.69, 9.17) is 16.3 Å². The van der Waals surface area contributed by atoms with E-state index in [1.54, 1.807) is 6.07 Å². The summed E-state index contributed by atoms with van der Waals surface area (Å²) in [5.74, 6) is -0.495. The van der Waals surface area contributed by atoms with Gasteiger partial charge in [0.25, 0.3) is 0 Å². The Bertz CT molecular complexity index is 512. The minimum Gasteiger partial charge on any atom is -0.465 e. The van der Waals surface area contributed by atoms with Crippen LogP contribution in [0.4, 0.5) is 11.4 Å². The number of nitriles is 2. The lowest BCUT2D eigenvalue weighted by atomic mass is 10.1. The van der Waals surface area contributed by atoms with Crippen LogP contribution in [0.25, 0.3) is 0 Å². The zero-order valence-corrected chi connectivity index (χ0v) is 9.88. The first kappa shape index (κ1) is 13.3. The molecule has 1 rings (SSSR count). The van der Waals surface area contributed by atoms with Gasteiger partial charge in [0.1, 0.15) is 13.1 Å². The first-order valence-corrected chi connectivity index (χ1v) is 5.10. The number of carbonyl (C=O) groups is 1. The molecule has 0 aromatic heterocycles. The van der Waals surface area contributed by atoms with Crippen LogP contribution in [0.3, 0.4) is 0 Å². The lowest BCUT2D eigenvalue weighted by molar-refractivity contribution is 0.0601. The predicted octanol–water partition coefficient (Wildman–Crippen LogP) is 0.909. The van der Waals surface area contributed by atoms with E-state index in [9.17, 15) is 4.79 Å². The van der Waals surface area contributed by atoms with Gasteiger partial charge in [0.05, 0.1) is 36.2 Å². The number of nitrogens with two attached hydrogens (primary N) is 1. The Balaban J connectivity index is 3.17. The summed E-state index contributed by atoms with van der Waals surface area (Å²) < 4.78 is 4.60. The van der Waals surface area contributed by atoms with Crippen LogP contribution < -0.4 is 10.6 Å². The molecule has 0 aliphatic rings. The van der Waals surface area contributed by atoms with Gasteiger partial charge in [-0.25, -0.2) is 4.79 Å². The highest BCUT2D eigenvalue weighted by Crippen LogP contribution is 2.24. The zero-order valence-electron chi connectivity index (χ0n) is 9.88. The van der Waals surface area contributed by atoms with E-state index < -0.39 is 5.97 Å². The van der Waals surface area contributed by atoms with Crippen molar-refractivity contribution in [1.29, 1.82) is 10.5 Å². The Morgan fingerprint density at radius 3 is 2.50 bits per heavy atom. The van der Waals surface area contributed by atoms with Gasteiger partial charge in [0.15, 0.2) is 0 Å². The van der Waals surface area contributed by atoms with Crippen molar-refractivity contribution in [1.82, 2.24) is 0 Å². The standard InChI is InChI=1S/C12H12N4O2/c1-18-12(17)9-2-3-10(15)11(8-9)16(6-4-13)7-5-14/h2-3,8H,6-7,15H2,1H3. The molecule has 92 valence electrons. The van der Waals surface area contributed by atoms with E-state index in [1.807, 2.05) is 12.1 Å². The third kappa shape index (κ3) is 2.89. The SMILES string of the molecule is COC(=O)c1ccc(N)c(N(CC#N)CC#N)c1. The minimum atomic E-state index is -0.495. The van der Waals surface area contributed by atoms with Crippen molar-refractivity contribution in [2.75, 3.05) is 30.8 Å². The molecule has 0 radical (unpaired) electrons. The van der Waals surface area contributed by atoms with Crippen molar-refractivity contribution < 1.29 is 9.53 Å². The topological polar surface area (TPSA) is 103 Å². The van der Waals surface area contributed by atoms with Crippen LogP contribution in [0.1, 0.15) is 10.4 Å². The number of carbonyl (C=O) groups excluding carboxylic acids is 1. The molecule has 0 saturated heterocycles. The first-order chi connectivity index (χ1) is 8.63. The van der Waals surface area contributed by atoms with Crippen LogP contribution in [-0.4, -0.2) is 26.2 Å². The summed E-state index contributed by atoms with van der Waals surface area (Å²) in [4.78, 5) is 12.9. The third-order valence-corrected chi connectivity index (χ3v) is 2.32. The molecule has 0 bridgehead atoms. The van der Waals surface area contributed by atoms with Crippen molar-refractivity contribution in [3.63, 3.8) is 0 Å². The molecule has 0 heterocycles. The smallest absolute Gasteiger partial charge is 0.337 e. The summed E-state index contributed by atoms with van der Waals surface area (Å²) in [6, 6.07) is 8.47. The maximum atomic E-state index is 11.4. The van der Waals surface area contributed by atoms with Crippen molar-refractivity contribution in [3.8, 4) is 12.1 Å². The summed E-state index contributed by atoms with van der Waals surface area (Å²) in [5, 5.41) is 17.4. The molecule has 0 atom stereocenters. The normalized spacial score (nSPS) is 9.06. The molecule has 1 aromatic carbocycles. The number of nitrogen functional groups attached to an aromatic ring is 1. The van der Waals surface area contributed by atoms with Gasteiger partial charge in [-0.15, -0.1) is 0 Å². The first-order valence-electron chi connectivity index (χ1n) is 5.10. The molecule has 0 aliphatic heterocycles. The molecule has 0 saturated carbocycles. The summed E-state index contributed by atoms with van der Waals surface area (Å²) >= 11 is 0. The number of esters is 1. The summed E-state index contributed by atoms with van der Waals surface area (Å²) in [6.45, 7) is 0.0325. The highest BCUT2D eigenvalue weighted by Gasteiger charge is 2.13. The summed E-state index contributed by atoms with van der Waals surface area (Å²) in [5.41, 5.74) is 6.97. The lowest BCUT2D eigenvalue weighted by Gasteiger charge is -2.20. The van der Waals surface area contributed by atoms with E-state index in [0.717, 1.165) is 0 Å². The quantitative estimate of drug-likeness (QED) is 0.479. The molecule has 0 unspecified atom stereocenters. The Kier molecular flexibility index (Phi) is 4.53. The molecule has 0 fully saturated rings. The van der Waals surface area contributed by atoms with Gasteiger partial charge in [0.2, 0.25) is 0 Å². The zero-order chi connectivity index (χ0) is 13.5. The second kappa shape index (κ2) is 6.12. The summed E-state index contributed by atoms with van der Waals surface area (Å²) in [6.07, 6.45) is 0. The van der Waals surface area contributed by atoms with Crippen LogP contribution in [0.15, 0.2) is 18.2 Å².